The smallest absolute Gasteiger partial charge is 0.105 e. The summed E-state index contributed by atoms with van der Waals surface area (Å²) in [6, 6.07) is 10.8. The molecule has 2 nitrogen and oxygen atoms in total. The van der Waals surface area contributed by atoms with Crippen molar-refractivity contribution in [2.45, 2.75) is 19.2 Å². The zero-order valence-corrected chi connectivity index (χ0v) is 7.16. The highest BCUT2D eigenvalue weighted by Crippen LogP contribution is 2.18. The van der Waals surface area contributed by atoms with E-state index in [0.29, 0.717) is 6.04 Å². The summed E-state index contributed by atoms with van der Waals surface area (Å²) in [5.41, 5.74) is 1.31. The molecule has 0 amide bonds. The fourth-order valence-corrected chi connectivity index (χ4v) is 1.50. The molecule has 64 valence electrons. The maximum atomic E-state index is 5.41. The molecule has 0 radical (unpaired) electrons. The molecule has 2 rings (SSSR count). The summed E-state index contributed by atoms with van der Waals surface area (Å²) in [5, 5.41) is 3.35. The number of nitrogens with one attached hydrogen (secondary N) is 1. The molecule has 1 heterocycles. The van der Waals surface area contributed by atoms with Gasteiger partial charge in [-0.05, 0) is 12.5 Å². The molecular formula is C10H13NO. The quantitative estimate of drug-likeness (QED) is 0.680. The van der Waals surface area contributed by atoms with E-state index in [-0.39, 0.29) is 6.23 Å². The van der Waals surface area contributed by atoms with E-state index < -0.39 is 0 Å². The fraction of sp³-hybridized carbons (Fsp3) is 0.400. The first kappa shape index (κ1) is 7.77. The molecule has 1 fully saturated rings. The molecule has 1 aliphatic heterocycles. The number of benzene rings is 1. The number of hydrogen-bond acceptors (Lipinski definition) is 2. The van der Waals surface area contributed by atoms with Gasteiger partial charge in [-0.2, -0.15) is 0 Å². The van der Waals surface area contributed by atoms with Crippen molar-refractivity contribution in [3.05, 3.63) is 35.9 Å². The Kier molecular flexibility index (Phi) is 2.11. The second kappa shape index (κ2) is 3.25. The molecular weight excluding hydrogens is 150 g/mol. The fourth-order valence-electron chi connectivity index (χ4n) is 1.50. The van der Waals surface area contributed by atoms with Crippen LogP contribution in [0.1, 0.15) is 18.5 Å². The molecule has 1 aromatic rings. The SMILES string of the molecule is CC1N[C@@H](c2ccccc2)CO1. The average Bonchev–Trinajstić information content (AvgIpc) is 2.54. The number of rotatable bonds is 1. The standard InChI is InChI=1S/C10H13NO/c1-8-11-10(7-12-8)9-5-3-2-4-6-9/h2-6,8,10-11H,7H2,1H3/t8?,10-/m1/s1. The Hall–Kier alpha value is -0.860. The maximum Gasteiger partial charge on any atom is 0.105 e. The van der Waals surface area contributed by atoms with E-state index in [9.17, 15) is 0 Å². The Morgan fingerprint density at radius 2 is 2.08 bits per heavy atom. The Morgan fingerprint density at radius 1 is 1.33 bits per heavy atom. The lowest BCUT2D eigenvalue weighted by Crippen LogP contribution is -2.21. The first-order valence-corrected chi connectivity index (χ1v) is 4.29. The lowest BCUT2D eigenvalue weighted by molar-refractivity contribution is 0.115. The first-order valence-electron chi connectivity index (χ1n) is 4.29. The van der Waals surface area contributed by atoms with Gasteiger partial charge in [0.1, 0.15) is 6.23 Å². The van der Waals surface area contributed by atoms with Crippen LogP contribution >= 0.6 is 0 Å². The van der Waals surface area contributed by atoms with Crippen molar-refractivity contribution in [3.8, 4) is 0 Å². The Balaban J connectivity index is 2.11. The van der Waals surface area contributed by atoms with Gasteiger partial charge >= 0.3 is 0 Å². The Bertz CT molecular complexity index is 247. The van der Waals surface area contributed by atoms with E-state index in [1.807, 2.05) is 13.0 Å². The molecule has 2 atom stereocenters. The Labute approximate surface area is 72.5 Å². The second-order valence-corrected chi connectivity index (χ2v) is 3.11. The molecule has 0 saturated carbocycles. The largest absolute Gasteiger partial charge is 0.362 e. The van der Waals surface area contributed by atoms with Crippen LogP contribution in [0.5, 0.6) is 0 Å². The van der Waals surface area contributed by atoms with Gasteiger partial charge in [-0.25, -0.2) is 0 Å². The van der Waals surface area contributed by atoms with Crippen LogP contribution in [-0.2, 0) is 4.74 Å². The highest BCUT2D eigenvalue weighted by atomic mass is 16.5. The monoisotopic (exact) mass is 163 g/mol. The molecule has 0 aromatic heterocycles. The van der Waals surface area contributed by atoms with Crippen molar-refractivity contribution < 1.29 is 4.74 Å². The predicted molar refractivity (Wildman–Crippen MR) is 47.7 cm³/mol. The molecule has 1 unspecified atom stereocenters. The maximum absolute atomic E-state index is 5.41. The molecule has 1 aliphatic rings. The highest BCUT2D eigenvalue weighted by Gasteiger charge is 2.21. The molecule has 1 aromatic carbocycles. The van der Waals surface area contributed by atoms with Gasteiger partial charge in [0.05, 0.1) is 12.6 Å². The molecule has 2 heteroatoms. The Morgan fingerprint density at radius 3 is 2.67 bits per heavy atom. The molecule has 0 spiro atoms. The predicted octanol–water partition coefficient (Wildman–Crippen LogP) is 1.69. The third-order valence-electron chi connectivity index (χ3n) is 2.15. The molecule has 12 heavy (non-hydrogen) atoms. The zero-order chi connectivity index (χ0) is 8.39. The van der Waals surface area contributed by atoms with Crippen molar-refractivity contribution in [2.75, 3.05) is 6.61 Å². The van der Waals surface area contributed by atoms with Crippen LogP contribution in [-0.4, -0.2) is 12.8 Å². The molecule has 0 bridgehead atoms. The van der Waals surface area contributed by atoms with Crippen LogP contribution in [0, 0.1) is 0 Å². The van der Waals surface area contributed by atoms with E-state index in [1.54, 1.807) is 0 Å². The summed E-state index contributed by atoms with van der Waals surface area (Å²) in [4.78, 5) is 0. The van der Waals surface area contributed by atoms with Crippen LogP contribution in [0.4, 0.5) is 0 Å². The van der Waals surface area contributed by atoms with Crippen LogP contribution in [0.3, 0.4) is 0 Å². The third-order valence-corrected chi connectivity index (χ3v) is 2.15. The lowest BCUT2D eigenvalue weighted by atomic mass is 10.1. The summed E-state index contributed by atoms with van der Waals surface area (Å²) < 4.78 is 5.41. The van der Waals surface area contributed by atoms with Crippen molar-refractivity contribution >= 4 is 0 Å². The van der Waals surface area contributed by atoms with E-state index in [0.717, 1.165) is 6.61 Å². The van der Waals surface area contributed by atoms with Crippen molar-refractivity contribution in [1.82, 2.24) is 5.32 Å². The molecule has 0 aliphatic carbocycles. The number of ether oxygens (including phenoxy) is 1. The summed E-state index contributed by atoms with van der Waals surface area (Å²) in [6.07, 6.45) is 0.190. The molecule has 1 N–H and O–H groups in total. The average molecular weight is 163 g/mol. The summed E-state index contributed by atoms with van der Waals surface area (Å²) in [7, 11) is 0. The van der Waals surface area contributed by atoms with Gasteiger partial charge in [0.2, 0.25) is 0 Å². The minimum absolute atomic E-state index is 0.190. The van der Waals surface area contributed by atoms with Crippen LogP contribution in [0.25, 0.3) is 0 Å². The highest BCUT2D eigenvalue weighted by molar-refractivity contribution is 5.19. The van der Waals surface area contributed by atoms with Gasteiger partial charge in [0, 0.05) is 0 Å². The van der Waals surface area contributed by atoms with E-state index in [4.69, 9.17) is 4.74 Å². The van der Waals surface area contributed by atoms with Gasteiger partial charge in [-0.3, -0.25) is 5.32 Å². The van der Waals surface area contributed by atoms with Gasteiger partial charge in [0.15, 0.2) is 0 Å². The zero-order valence-electron chi connectivity index (χ0n) is 7.16. The van der Waals surface area contributed by atoms with Crippen LogP contribution in [0.2, 0.25) is 0 Å². The lowest BCUT2D eigenvalue weighted by Gasteiger charge is -2.08. The van der Waals surface area contributed by atoms with Gasteiger partial charge in [0.25, 0.3) is 0 Å². The molecule has 1 saturated heterocycles. The van der Waals surface area contributed by atoms with Crippen molar-refractivity contribution in [2.24, 2.45) is 0 Å². The van der Waals surface area contributed by atoms with Crippen molar-refractivity contribution in [3.63, 3.8) is 0 Å². The van der Waals surface area contributed by atoms with E-state index in [1.165, 1.54) is 5.56 Å². The van der Waals surface area contributed by atoms with Crippen molar-refractivity contribution in [1.29, 1.82) is 0 Å². The first-order chi connectivity index (χ1) is 5.86. The topological polar surface area (TPSA) is 21.3 Å². The second-order valence-electron chi connectivity index (χ2n) is 3.11. The third kappa shape index (κ3) is 1.49. The van der Waals surface area contributed by atoms with Gasteiger partial charge < -0.3 is 4.74 Å². The number of hydrogen-bond donors (Lipinski definition) is 1. The van der Waals surface area contributed by atoms with E-state index in [2.05, 4.69) is 29.6 Å². The minimum atomic E-state index is 0.190. The van der Waals surface area contributed by atoms with Gasteiger partial charge in [-0.1, -0.05) is 30.3 Å². The van der Waals surface area contributed by atoms with Gasteiger partial charge in [-0.15, -0.1) is 0 Å². The summed E-state index contributed by atoms with van der Waals surface area (Å²) >= 11 is 0. The van der Waals surface area contributed by atoms with E-state index >= 15 is 0 Å². The summed E-state index contributed by atoms with van der Waals surface area (Å²) in [5.74, 6) is 0. The normalized spacial score (nSPS) is 29.1. The summed E-state index contributed by atoms with van der Waals surface area (Å²) in [6.45, 7) is 2.81. The minimum Gasteiger partial charge on any atom is -0.362 e. The van der Waals surface area contributed by atoms with Crippen LogP contribution < -0.4 is 5.32 Å². The van der Waals surface area contributed by atoms with Crippen LogP contribution in [0.15, 0.2) is 30.3 Å².